The Balaban J connectivity index is 0.00000180. The molecule has 1 saturated heterocycles. The predicted octanol–water partition coefficient (Wildman–Crippen LogP) is -0.586. The summed E-state index contributed by atoms with van der Waals surface area (Å²) in [6, 6.07) is 0. The highest BCUT2D eigenvalue weighted by molar-refractivity contribution is 6.21. The second-order valence-electron chi connectivity index (χ2n) is 4.18. The Hall–Kier alpha value is -0.860. The van der Waals surface area contributed by atoms with Crippen LogP contribution < -0.4 is 11.4 Å². The summed E-state index contributed by atoms with van der Waals surface area (Å²) in [4.78, 5) is 15.3. The minimum absolute atomic E-state index is 0. The molecule has 7 nitrogen and oxygen atoms in total. The fourth-order valence-electron chi connectivity index (χ4n) is 1.84. The molecule has 1 aromatic rings. The summed E-state index contributed by atoms with van der Waals surface area (Å²) in [5.41, 5.74) is 5.51. The molecule has 1 aromatic heterocycles. The topological polar surface area (TPSA) is 111 Å². The summed E-state index contributed by atoms with van der Waals surface area (Å²) >= 11 is 6.00. The van der Waals surface area contributed by atoms with Crippen molar-refractivity contribution in [2.24, 2.45) is 0 Å². The Labute approximate surface area is 120 Å². The van der Waals surface area contributed by atoms with E-state index in [9.17, 15) is 9.90 Å². The third-order valence-electron chi connectivity index (χ3n) is 2.92. The Bertz CT molecular complexity index is 510. The number of aromatic nitrogens is 2. The maximum atomic E-state index is 11.7. The fourth-order valence-corrected chi connectivity index (χ4v) is 2.18. The van der Waals surface area contributed by atoms with Crippen molar-refractivity contribution in [1.29, 1.82) is 0 Å². The number of alkyl halides is 1. The van der Waals surface area contributed by atoms with Crippen molar-refractivity contribution in [2.45, 2.75) is 30.7 Å². The van der Waals surface area contributed by atoms with Crippen molar-refractivity contribution in [3.63, 3.8) is 0 Å². The lowest BCUT2D eigenvalue weighted by molar-refractivity contribution is -0.0457. The zero-order valence-corrected chi connectivity index (χ0v) is 11.6. The first-order valence-electron chi connectivity index (χ1n) is 5.39. The van der Waals surface area contributed by atoms with Gasteiger partial charge in [0.05, 0.1) is 6.61 Å². The summed E-state index contributed by atoms with van der Waals surface area (Å²) in [5, 5.41) is 17.9. The van der Waals surface area contributed by atoms with Crippen LogP contribution >= 0.6 is 24.0 Å². The molecule has 1 aliphatic heterocycles. The lowest BCUT2D eigenvalue weighted by Crippen LogP contribution is -2.33. The van der Waals surface area contributed by atoms with Gasteiger partial charge in [-0.15, -0.1) is 24.0 Å². The molecule has 9 heteroatoms. The predicted molar refractivity (Wildman–Crippen MR) is 71.5 cm³/mol. The van der Waals surface area contributed by atoms with Crippen molar-refractivity contribution in [3.05, 3.63) is 22.2 Å². The van der Waals surface area contributed by atoms with Gasteiger partial charge in [-0.3, -0.25) is 4.57 Å². The number of ether oxygens (including phenoxy) is 1. The third kappa shape index (κ3) is 2.85. The Morgan fingerprint density at radius 3 is 2.79 bits per heavy atom. The van der Waals surface area contributed by atoms with E-state index in [1.54, 1.807) is 6.92 Å². The van der Waals surface area contributed by atoms with Crippen LogP contribution in [0.3, 0.4) is 0 Å². The first-order chi connectivity index (χ1) is 8.45. The van der Waals surface area contributed by atoms with Crippen LogP contribution in [0.5, 0.6) is 0 Å². The van der Waals surface area contributed by atoms with Crippen LogP contribution in [0.25, 0.3) is 0 Å². The van der Waals surface area contributed by atoms with E-state index >= 15 is 0 Å². The number of nitrogen functional groups attached to an aromatic ring is 1. The minimum Gasteiger partial charge on any atom is -0.394 e. The van der Waals surface area contributed by atoms with Gasteiger partial charge in [-0.25, -0.2) is 4.79 Å². The zero-order chi connectivity index (χ0) is 13.4. The number of halogens is 2. The summed E-state index contributed by atoms with van der Waals surface area (Å²) in [7, 11) is 0. The number of aliphatic hydroxyl groups is 2. The van der Waals surface area contributed by atoms with E-state index in [1.807, 2.05) is 0 Å². The van der Waals surface area contributed by atoms with E-state index in [-0.39, 0.29) is 24.8 Å². The molecule has 4 unspecified atom stereocenters. The Morgan fingerprint density at radius 2 is 2.26 bits per heavy atom. The van der Waals surface area contributed by atoms with Crippen LogP contribution in [0.2, 0.25) is 0 Å². The van der Waals surface area contributed by atoms with Gasteiger partial charge in [0.15, 0.2) is 6.23 Å². The van der Waals surface area contributed by atoms with E-state index in [4.69, 9.17) is 27.2 Å². The lowest BCUT2D eigenvalue weighted by Gasteiger charge is -2.17. The molecule has 0 amide bonds. The van der Waals surface area contributed by atoms with Gasteiger partial charge in [-0.05, 0) is 6.92 Å². The van der Waals surface area contributed by atoms with E-state index < -0.39 is 29.5 Å². The average molecular weight is 312 g/mol. The monoisotopic (exact) mass is 311 g/mol. The third-order valence-corrected chi connectivity index (χ3v) is 3.40. The quantitative estimate of drug-likeness (QED) is 0.630. The van der Waals surface area contributed by atoms with E-state index in [0.29, 0.717) is 5.56 Å². The van der Waals surface area contributed by atoms with E-state index in [0.717, 1.165) is 0 Å². The second-order valence-corrected chi connectivity index (χ2v) is 4.69. The molecule has 0 radical (unpaired) electrons. The average Bonchev–Trinajstić information content (AvgIpc) is 2.61. The summed E-state index contributed by atoms with van der Waals surface area (Å²) in [5.74, 6) is 0.139. The van der Waals surface area contributed by atoms with Gasteiger partial charge >= 0.3 is 5.69 Å². The number of hydrogen-bond acceptors (Lipinski definition) is 6. The molecule has 0 saturated carbocycles. The molecule has 2 rings (SSSR count). The normalized spacial score (nSPS) is 30.1. The fraction of sp³-hybridized carbons (Fsp3) is 0.600. The zero-order valence-electron chi connectivity index (χ0n) is 10.1. The second kappa shape index (κ2) is 6.06. The summed E-state index contributed by atoms with van der Waals surface area (Å²) < 4.78 is 6.52. The van der Waals surface area contributed by atoms with Crippen LogP contribution in [0.1, 0.15) is 11.8 Å². The molecule has 0 bridgehead atoms. The van der Waals surface area contributed by atoms with Gasteiger partial charge in [-0.1, -0.05) is 0 Å². The Morgan fingerprint density at radius 1 is 1.63 bits per heavy atom. The SMILES string of the molecule is Cc1cn(C2OC(CO)C(O)C2Cl)c(=O)nc1N.Cl. The molecule has 108 valence electrons. The van der Waals surface area contributed by atoms with Crippen molar-refractivity contribution >= 4 is 29.8 Å². The van der Waals surface area contributed by atoms with Crippen LogP contribution in [0.4, 0.5) is 5.82 Å². The molecule has 4 atom stereocenters. The molecular formula is C10H15Cl2N3O4. The highest BCUT2D eigenvalue weighted by atomic mass is 35.5. The molecule has 4 N–H and O–H groups in total. The molecule has 1 fully saturated rings. The molecular weight excluding hydrogens is 297 g/mol. The molecule has 19 heavy (non-hydrogen) atoms. The number of nitrogens with two attached hydrogens (primary N) is 1. The standard InChI is InChI=1S/C10H14ClN3O4.ClH/c1-4-2-14(10(17)13-8(4)12)9-6(11)7(16)5(3-15)18-9;/h2,5-7,9,15-16H,3H2,1H3,(H2,12,13,17);1H. The molecule has 1 aliphatic rings. The van der Waals surface area contributed by atoms with Gasteiger partial charge in [-0.2, -0.15) is 4.98 Å². The van der Waals surface area contributed by atoms with Crippen molar-refractivity contribution in [2.75, 3.05) is 12.3 Å². The van der Waals surface area contributed by atoms with Gasteiger partial charge < -0.3 is 20.7 Å². The number of aryl methyl sites for hydroxylation is 1. The highest BCUT2D eigenvalue weighted by Crippen LogP contribution is 2.32. The van der Waals surface area contributed by atoms with E-state index in [1.165, 1.54) is 10.8 Å². The van der Waals surface area contributed by atoms with Gasteiger partial charge in [0, 0.05) is 11.8 Å². The van der Waals surface area contributed by atoms with Gasteiger partial charge in [0.2, 0.25) is 0 Å². The first-order valence-corrected chi connectivity index (χ1v) is 5.83. The maximum Gasteiger partial charge on any atom is 0.351 e. The molecule has 0 aromatic carbocycles. The minimum atomic E-state index is -1.05. The summed E-state index contributed by atoms with van der Waals surface area (Å²) in [6.45, 7) is 1.31. The molecule has 0 aliphatic carbocycles. The summed E-state index contributed by atoms with van der Waals surface area (Å²) in [6.07, 6.45) is -1.27. The number of hydrogen-bond donors (Lipinski definition) is 3. The molecule has 2 heterocycles. The number of rotatable bonds is 2. The highest BCUT2D eigenvalue weighted by Gasteiger charge is 2.43. The lowest BCUT2D eigenvalue weighted by atomic mass is 10.2. The number of nitrogens with zero attached hydrogens (tertiary/aromatic N) is 2. The maximum absolute atomic E-state index is 11.7. The first kappa shape index (κ1) is 16.2. The van der Waals surface area contributed by atoms with E-state index in [2.05, 4.69) is 4.98 Å². The van der Waals surface area contributed by atoms with Crippen LogP contribution in [0, 0.1) is 6.92 Å². The van der Waals surface area contributed by atoms with Crippen LogP contribution in [-0.2, 0) is 4.74 Å². The number of aliphatic hydroxyl groups excluding tert-OH is 2. The largest absolute Gasteiger partial charge is 0.394 e. The van der Waals surface area contributed by atoms with Crippen molar-refractivity contribution in [1.82, 2.24) is 9.55 Å². The van der Waals surface area contributed by atoms with Crippen LogP contribution in [-0.4, -0.2) is 44.0 Å². The molecule has 0 spiro atoms. The van der Waals surface area contributed by atoms with Crippen molar-refractivity contribution in [3.8, 4) is 0 Å². The van der Waals surface area contributed by atoms with Crippen molar-refractivity contribution < 1.29 is 14.9 Å². The number of anilines is 1. The van der Waals surface area contributed by atoms with Gasteiger partial charge in [0.1, 0.15) is 23.4 Å². The van der Waals surface area contributed by atoms with Crippen LogP contribution in [0.15, 0.2) is 11.0 Å². The smallest absolute Gasteiger partial charge is 0.351 e. The Kier molecular flexibility index (Phi) is 5.17. The van der Waals surface area contributed by atoms with Gasteiger partial charge in [0.25, 0.3) is 0 Å².